The molecule has 0 amide bonds. The van der Waals surface area contributed by atoms with E-state index in [2.05, 4.69) is 13.0 Å². The molecular formula is C17H18F2NTi. The summed E-state index contributed by atoms with van der Waals surface area (Å²) in [6.07, 6.45) is 1.94. The molecule has 2 aromatic carbocycles. The zero-order chi connectivity index (χ0) is 14.5. The van der Waals surface area contributed by atoms with E-state index < -0.39 is 11.6 Å². The van der Waals surface area contributed by atoms with Gasteiger partial charge in [0.15, 0.2) is 5.82 Å². The minimum absolute atomic E-state index is 0. The number of rotatable bonds is 5. The zero-order valence-electron chi connectivity index (χ0n) is 12.3. The summed E-state index contributed by atoms with van der Waals surface area (Å²) in [6, 6.07) is 12.7. The SMILES string of the molecule is CCCCN(c1ccc(C)cc1)c1ccc(F)[c]c1F.[Ti]. The minimum atomic E-state index is -0.675. The predicted octanol–water partition coefficient (Wildman–Crippen LogP) is 5.01. The van der Waals surface area contributed by atoms with Crippen molar-refractivity contribution in [1.29, 1.82) is 0 Å². The second-order valence-electron chi connectivity index (χ2n) is 4.85. The molecule has 0 aromatic heterocycles. The second-order valence-corrected chi connectivity index (χ2v) is 4.85. The van der Waals surface area contributed by atoms with Crippen LogP contribution < -0.4 is 4.90 Å². The summed E-state index contributed by atoms with van der Waals surface area (Å²) in [4.78, 5) is 1.87. The van der Waals surface area contributed by atoms with Crippen LogP contribution in [0.4, 0.5) is 20.2 Å². The van der Waals surface area contributed by atoms with Gasteiger partial charge in [-0.1, -0.05) is 31.0 Å². The van der Waals surface area contributed by atoms with E-state index in [1.165, 1.54) is 12.1 Å². The van der Waals surface area contributed by atoms with Crippen LogP contribution in [0, 0.1) is 24.6 Å². The van der Waals surface area contributed by atoms with Crippen molar-refractivity contribution in [2.45, 2.75) is 26.7 Å². The number of halogens is 2. The molecule has 2 rings (SSSR count). The fourth-order valence-electron chi connectivity index (χ4n) is 2.07. The summed E-state index contributed by atoms with van der Waals surface area (Å²) >= 11 is 0. The Kier molecular flexibility index (Phi) is 7.06. The second kappa shape index (κ2) is 8.30. The number of anilines is 2. The van der Waals surface area contributed by atoms with Crippen LogP contribution in [-0.2, 0) is 21.7 Å². The van der Waals surface area contributed by atoms with E-state index in [9.17, 15) is 8.78 Å². The molecule has 0 aliphatic rings. The third-order valence-corrected chi connectivity index (χ3v) is 3.21. The third-order valence-electron chi connectivity index (χ3n) is 3.21. The standard InChI is InChI=1S/C17H18F2N.Ti/c1-3-4-11-20(15-8-5-13(2)6-9-15)17-10-7-14(18)12-16(17)19;/h5-10H,3-4,11H2,1-2H3;. The molecule has 0 N–H and O–H groups in total. The molecular weight excluding hydrogens is 304 g/mol. The summed E-state index contributed by atoms with van der Waals surface area (Å²) in [7, 11) is 0. The van der Waals surface area contributed by atoms with Crippen molar-refractivity contribution in [3.63, 3.8) is 0 Å². The van der Waals surface area contributed by atoms with Gasteiger partial charge in [-0.15, -0.1) is 0 Å². The number of hydrogen-bond donors (Lipinski definition) is 0. The molecule has 0 aliphatic carbocycles. The van der Waals surface area contributed by atoms with E-state index in [1.807, 2.05) is 36.1 Å². The van der Waals surface area contributed by atoms with Gasteiger partial charge < -0.3 is 4.90 Å². The Labute approximate surface area is 139 Å². The Morgan fingerprint density at radius 2 is 1.71 bits per heavy atom. The van der Waals surface area contributed by atoms with Gasteiger partial charge in [0, 0.05) is 33.9 Å². The molecule has 0 heterocycles. The van der Waals surface area contributed by atoms with Crippen molar-refractivity contribution in [3.8, 4) is 0 Å². The van der Waals surface area contributed by atoms with Gasteiger partial charge in [-0.25, -0.2) is 8.78 Å². The maximum absolute atomic E-state index is 14.0. The van der Waals surface area contributed by atoms with Gasteiger partial charge >= 0.3 is 0 Å². The largest absolute Gasteiger partial charge is 0.339 e. The van der Waals surface area contributed by atoms with Crippen LogP contribution in [0.3, 0.4) is 0 Å². The first-order valence-corrected chi connectivity index (χ1v) is 6.83. The molecule has 1 nitrogen and oxygen atoms in total. The van der Waals surface area contributed by atoms with Gasteiger partial charge in [0.05, 0.1) is 11.8 Å². The van der Waals surface area contributed by atoms with E-state index >= 15 is 0 Å². The smallest absolute Gasteiger partial charge is 0.157 e. The Bertz CT molecular complexity index is 570. The van der Waals surface area contributed by atoms with Crippen molar-refractivity contribution in [3.05, 3.63) is 59.7 Å². The van der Waals surface area contributed by atoms with Crippen LogP contribution in [0.5, 0.6) is 0 Å². The van der Waals surface area contributed by atoms with Gasteiger partial charge in [0.25, 0.3) is 0 Å². The quantitative estimate of drug-likeness (QED) is 0.700. The van der Waals surface area contributed by atoms with Crippen LogP contribution in [0.15, 0.2) is 36.4 Å². The molecule has 2 aromatic rings. The Morgan fingerprint density at radius 3 is 2.29 bits per heavy atom. The molecule has 109 valence electrons. The molecule has 0 fully saturated rings. The Hall–Kier alpha value is -1.19. The minimum Gasteiger partial charge on any atom is -0.339 e. The summed E-state index contributed by atoms with van der Waals surface area (Å²) < 4.78 is 27.0. The number of aryl methyl sites for hydroxylation is 1. The number of hydrogen-bond acceptors (Lipinski definition) is 1. The van der Waals surface area contributed by atoms with E-state index in [4.69, 9.17) is 0 Å². The van der Waals surface area contributed by atoms with Gasteiger partial charge in [-0.3, -0.25) is 0 Å². The molecule has 0 aliphatic heterocycles. The molecule has 0 saturated heterocycles. The fraction of sp³-hybridized carbons (Fsp3) is 0.294. The summed E-state index contributed by atoms with van der Waals surface area (Å²) in [5.41, 5.74) is 2.42. The summed E-state index contributed by atoms with van der Waals surface area (Å²) in [6.45, 7) is 4.78. The molecule has 0 spiro atoms. The van der Waals surface area contributed by atoms with E-state index in [1.54, 1.807) is 0 Å². The van der Waals surface area contributed by atoms with Crippen molar-refractivity contribution >= 4 is 11.4 Å². The third kappa shape index (κ3) is 4.65. The monoisotopic (exact) mass is 322 g/mol. The van der Waals surface area contributed by atoms with Gasteiger partial charge in [0.1, 0.15) is 5.82 Å². The molecule has 0 atom stereocenters. The van der Waals surface area contributed by atoms with Crippen LogP contribution in [0.2, 0.25) is 0 Å². The average molecular weight is 322 g/mol. The van der Waals surface area contributed by atoms with Crippen molar-refractivity contribution in [1.82, 2.24) is 0 Å². The topological polar surface area (TPSA) is 3.24 Å². The van der Waals surface area contributed by atoms with Gasteiger partial charge in [-0.05, 0) is 37.6 Å². The Balaban J connectivity index is 0.00000220. The predicted molar refractivity (Wildman–Crippen MR) is 78.3 cm³/mol. The van der Waals surface area contributed by atoms with E-state index in [-0.39, 0.29) is 21.7 Å². The number of benzene rings is 2. The van der Waals surface area contributed by atoms with E-state index in [0.29, 0.717) is 12.2 Å². The maximum Gasteiger partial charge on any atom is 0.157 e. The van der Waals surface area contributed by atoms with Crippen LogP contribution in [0.25, 0.3) is 0 Å². The zero-order valence-corrected chi connectivity index (χ0v) is 13.9. The van der Waals surface area contributed by atoms with Gasteiger partial charge in [0.2, 0.25) is 0 Å². The van der Waals surface area contributed by atoms with Crippen molar-refractivity contribution in [2.75, 3.05) is 11.4 Å². The first-order chi connectivity index (χ1) is 9.61. The fourth-order valence-corrected chi connectivity index (χ4v) is 2.07. The maximum atomic E-state index is 14.0. The van der Waals surface area contributed by atoms with Crippen LogP contribution in [-0.4, -0.2) is 6.54 Å². The first kappa shape index (κ1) is 17.9. The number of unbranched alkanes of at least 4 members (excludes halogenated alkanes) is 1. The summed E-state index contributed by atoms with van der Waals surface area (Å²) in [5.74, 6) is -1.33. The number of nitrogens with zero attached hydrogens (tertiary/aromatic N) is 1. The van der Waals surface area contributed by atoms with E-state index in [0.717, 1.165) is 24.1 Å². The molecule has 0 bridgehead atoms. The Morgan fingerprint density at radius 1 is 1.05 bits per heavy atom. The first-order valence-electron chi connectivity index (χ1n) is 6.83. The molecule has 0 unspecified atom stereocenters. The normalized spacial score (nSPS) is 10.1. The molecule has 4 heteroatoms. The molecule has 0 saturated carbocycles. The van der Waals surface area contributed by atoms with Crippen molar-refractivity contribution < 1.29 is 30.5 Å². The average Bonchev–Trinajstić information content (AvgIpc) is 2.42. The molecule has 1 radical (unpaired) electrons. The van der Waals surface area contributed by atoms with Crippen LogP contribution >= 0.6 is 0 Å². The summed E-state index contributed by atoms with van der Waals surface area (Å²) in [5, 5.41) is 0. The van der Waals surface area contributed by atoms with Crippen molar-refractivity contribution in [2.24, 2.45) is 0 Å². The van der Waals surface area contributed by atoms with Gasteiger partial charge in [-0.2, -0.15) is 0 Å². The van der Waals surface area contributed by atoms with Crippen LogP contribution in [0.1, 0.15) is 25.3 Å². The molecule has 21 heavy (non-hydrogen) atoms.